The molecular weight excluding hydrogens is 231 g/mol. The van der Waals surface area contributed by atoms with Gasteiger partial charge in [-0.3, -0.25) is 0 Å². The second-order valence-electron chi connectivity index (χ2n) is 4.97. The number of hydrogen-bond donors (Lipinski definition) is 1. The molecule has 5 heteroatoms. The van der Waals surface area contributed by atoms with E-state index in [1.54, 1.807) is 12.1 Å². The van der Waals surface area contributed by atoms with Crippen LogP contribution in [-0.2, 0) is 16.0 Å². The molecule has 3 rings (SSSR count). The summed E-state index contributed by atoms with van der Waals surface area (Å²) in [4.78, 5) is 11.9. The van der Waals surface area contributed by atoms with Crippen molar-refractivity contribution < 1.29 is 19.2 Å². The van der Waals surface area contributed by atoms with Gasteiger partial charge in [-0.25, -0.2) is 4.79 Å². The Morgan fingerprint density at radius 1 is 1.50 bits per heavy atom. The third-order valence-electron chi connectivity index (χ3n) is 3.72. The Labute approximate surface area is 106 Å². The lowest BCUT2D eigenvalue weighted by atomic mass is 9.79. The van der Waals surface area contributed by atoms with E-state index in [9.17, 15) is 9.82 Å². The van der Waals surface area contributed by atoms with Crippen LogP contribution >= 0.6 is 0 Å². The van der Waals surface area contributed by atoms with E-state index in [-0.39, 0.29) is 5.97 Å². The third kappa shape index (κ3) is 2.16. The summed E-state index contributed by atoms with van der Waals surface area (Å²) < 4.78 is 10.4. The molecule has 0 unspecified atom stereocenters. The summed E-state index contributed by atoms with van der Waals surface area (Å²) in [6.07, 6.45) is 3.55. The lowest BCUT2D eigenvalue weighted by molar-refractivity contribution is 0.0371. The molecule has 1 aliphatic carbocycles. The van der Waals surface area contributed by atoms with Gasteiger partial charge in [0.05, 0.1) is 18.8 Å². The van der Waals surface area contributed by atoms with Crippen molar-refractivity contribution in [2.24, 2.45) is 5.92 Å². The largest absolute Gasteiger partial charge is 0.491 e. The van der Waals surface area contributed by atoms with Crippen molar-refractivity contribution in [3.05, 3.63) is 29.3 Å². The Bertz CT molecular complexity index is 470. The highest BCUT2D eigenvalue weighted by molar-refractivity contribution is 6.61. The summed E-state index contributed by atoms with van der Waals surface area (Å²) in [5, 5.41) is 9.58. The summed E-state index contributed by atoms with van der Waals surface area (Å²) in [5.41, 5.74) is 2.09. The molecule has 18 heavy (non-hydrogen) atoms. The molecule has 1 aromatic rings. The van der Waals surface area contributed by atoms with Gasteiger partial charge < -0.3 is 14.4 Å². The topological polar surface area (TPSA) is 55.8 Å². The van der Waals surface area contributed by atoms with Gasteiger partial charge in [0.25, 0.3) is 0 Å². The summed E-state index contributed by atoms with van der Waals surface area (Å²) in [5.74, 6) is 0.223. The molecule has 1 aliphatic heterocycles. The van der Waals surface area contributed by atoms with E-state index in [1.165, 1.54) is 6.42 Å². The van der Waals surface area contributed by atoms with Gasteiger partial charge in [0.2, 0.25) is 0 Å². The molecule has 1 saturated carbocycles. The minimum atomic E-state index is -0.917. The highest BCUT2D eigenvalue weighted by atomic mass is 16.5. The first-order valence-electron chi connectivity index (χ1n) is 6.33. The average Bonchev–Trinajstić information content (AvgIpc) is 2.68. The molecule has 0 amide bonds. The van der Waals surface area contributed by atoms with E-state index in [0.717, 1.165) is 18.4 Å². The lowest BCUT2D eigenvalue weighted by Crippen LogP contribution is -2.29. The second kappa shape index (κ2) is 4.74. The zero-order chi connectivity index (χ0) is 12.5. The first-order valence-corrected chi connectivity index (χ1v) is 6.33. The van der Waals surface area contributed by atoms with E-state index in [1.807, 2.05) is 6.07 Å². The predicted octanol–water partition coefficient (Wildman–Crippen LogP) is 0.861. The maximum Gasteiger partial charge on any atom is 0.491 e. The van der Waals surface area contributed by atoms with Crippen LogP contribution in [0, 0.1) is 5.92 Å². The number of carbonyl (C=O) groups is 1. The number of rotatable bonds is 3. The number of ether oxygens (including phenoxy) is 1. The van der Waals surface area contributed by atoms with Gasteiger partial charge in [0, 0.05) is 0 Å². The highest BCUT2D eigenvalue weighted by Gasteiger charge is 2.28. The minimum Gasteiger partial charge on any atom is -0.462 e. The van der Waals surface area contributed by atoms with E-state index in [4.69, 9.17) is 9.39 Å². The zero-order valence-electron chi connectivity index (χ0n) is 10.1. The molecule has 2 aliphatic rings. The van der Waals surface area contributed by atoms with Crippen LogP contribution < -0.4 is 5.46 Å². The third-order valence-corrected chi connectivity index (χ3v) is 3.72. The standard InChI is InChI=1S/C13H15BO4/c15-13(17-7-9-2-1-3-9)10-4-5-11-8-18-14(16)12(11)6-10/h4-6,9,16H,1-3,7-8H2. The van der Waals surface area contributed by atoms with Crippen molar-refractivity contribution in [3.8, 4) is 0 Å². The first kappa shape index (κ1) is 11.7. The van der Waals surface area contributed by atoms with Crippen LogP contribution in [0.15, 0.2) is 18.2 Å². The molecule has 4 nitrogen and oxygen atoms in total. The van der Waals surface area contributed by atoms with Gasteiger partial charge in [-0.2, -0.15) is 0 Å². The fourth-order valence-corrected chi connectivity index (χ4v) is 2.28. The Kier molecular flexibility index (Phi) is 3.10. The normalized spacial score (nSPS) is 18.4. The van der Waals surface area contributed by atoms with Crippen LogP contribution in [0.2, 0.25) is 0 Å². The summed E-state index contributed by atoms with van der Waals surface area (Å²) in [6.45, 7) is 0.906. The monoisotopic (exact) mass is 246 g/mol. The number of fused-ring (bicyclic) bond motifs is 1. The maximum atomic E-state index is 11.9. The minimum absolute atomic E-state index is 0.316. The van der Waals surface area contributed by atoms with Crippen molar-refractivity contribution in [2.45, 2.75) is 25.9 Å². The van der Waals surface area contributed by atoms with Gasteiger partial charge in [-0.15, -0.1) is 0 Å². The number of carbonyl (C=O) groups excluding carboxylic acids is 1. The van der Waals surface area contributed by atoms with Crippen LogP contribution in [0.1, 0.15) is 35.2 Å². The van der Waals surface area contributed by atoms with E-state index in [2.05, 4.69) is 0 Å². The van der Waals surface area contributed by atoms with Gasteiger partial charge >= 0.3 is 13.1 Å². The Morgan fingerprint density at radius 2 is 2.33 bits per heavy atom. The zero-order valence-corrected chi connectivity index (χ0v) is 10.1. The molecule has 0 saturated heterocycles. The summed E-state index contributed by atoms with van der Waals surface area (Å²) >= 11 is 0. The first-order chi connectivity index (χ1) is 8.74. The van der Waals surface area contributed by atoms with Crippen LogP contribution in [0.3, 0.4) is 0 Å². The van der Waals surface area contributed by atoms with Crippen LogP contribution in [0.25, 0.3) is 0 Å². The summed E-state index contributed by atoms with van der Waals surface area (Å²) in [7, 11) is -0.917. The second-order valence-corrected chi connectivity index (χ2v) is 4.97. The molecule has 1 aromatic carbocycles. The maximum absolute atomic E-state index is 11.9. The lowest BCUT2D eigenvalue weighted by Gasteiger charge is -2.24. The summed E-state index contributed by atoms with van der Waals surface area (Å²) in [6, 6.07) is 5.20. The molecule has 0 spiro atoms. The quantitative estimate of drug-likeness (QED) is 0.634. The molecule has 0 radical (unpaired) electrons. The predicted molar refractivity (Wildman–Crippen MR) is 66.5 cm³/mol. The smallest absolute Gasteiger partial charge is 0.462 e. The fraction of sp³-hybridized carbons (Fsp3) is 0.462. The molecule has 1 fully saturated rings. The molecular formula is C13H15BO4. The molecule has 0 aromatic heterocycles. The van der Waals surface area contributed by atoms with Crippen molar-refractivity contribution >= 4 is 18.6 Å². The van der Waals surface area contributed by atoms with Gasteiger partial charge in [-0.05, 0) is 41.9 Å². The van der Waals surface area contributed by atoms with Crippen molar-refractivity contribution in [3.63, 3.8) is 0 Å². The van der Waals surface area contributed by atoms with Crippen molar-refractivity contribution in [2.75, 3.05) is 6.61 Å². The highest BCUT2D eigenvalue weighted by Crippen LogP contribution is 2.26. The Balaban J connectivity index is 1.68. The molecule has 0 atom stereocenters. The van der Waals surface area contributed by atoms with Crippen LogP contribution in [-0.4, -0.2) is 24.7 Å². The van der Waals surface area contributed by atoms with Crippen LogP contribution in [0.4, 0.5) is 0 Å². The van der Waals surface area contributed by atoms with Gasteiger partial charge in [0.15, 0.2) is 0 Å². The Hall–Kier alpha value is -1.33. The number of hydrogen-bond acceptors (Lipinski definition) is 4. The van der Waals surface area contributed by atoms with E-state index >= 15 is 0 Å². The van der Waals surface area contributed by atoms with Crippen molar-refractivity contribution in [1.29, 1.82) is 0 Å². The fourth-order valence-electron chi connectivity index (χ4n) is 2.28. The number of benzene rings is 1. The SMILES string of the molecule is O=C(OCC1CCC1)c1ccc2c(c1)B(O)OC2. The Morgan fingerprint density at radius 3 is 3.06 bits per heavy atom. The van der Waals surface area contributed by atoms with E-state index < -0.39 is 7.12 Å². The average molecular weight is 246 g/mol. The molecule has 94 valence electrons. The molecule has 0 bridgehead atoms. The van der Waals surface area contributed by atoms with Gasteiger partial charge in [-0.1, -0.05) is 12.5 Å². The number of esters is 1. The molecule has 1 N–H and O–H groups in total. The van der Waals surface area contributed by atoms with Crippen LogP contribution in [0.5, 0.6) is 0 Å². The molecule has 1 heterocycles. The van der Waals surface area contributed by atoms with Gasteiger partial charge in [0.1, 0.15) is 0 Å². The van der Waals surface area contributed by atoms with Crippen molar-refractivity contribution in [1.82, 2.24) is 0 Å². The van der Waals surface area contributed by atoms with E-state index in [0.29, 0.717) is 30.2 Å².